The second-order valence-electron chi connectivity index (χ2n) is 5.24. The SMILES string of the molecule is CCN1CCCC1CN=C(N)NCC1CCC=CO1. The maximum atomic E-state index is 5.90. The first-order valence-corrected chi connectivity index (χ1v) is 7.38. The molecule has 5 heteroatoms. The van der Waals surface area contributed by atoms with Crippen LogP contribution in [0.5, 0.6) is 0 Å². The highest BCUT2D eigenvalue weighted by Gasteiger charge is 2.22. The van der Waals surface area contributed by atoms with Gasteiger partial charge in [0.05, 0.1) is 19.4 Å². The molecule has 5 nitrogen and oxygen atoms in total. The summed E-state index contributed by atoms with van der Waals surface area (Å²) in [6.45, 7) is 6.06. The molecule has 0 amide bonds. The zero-order chi connectivity index (χ0) is 13.5. The minimum atomic E-state index is 0.220. The summed E-state index contributed by atoms with van der Waals surface area (Å²) >= 11 is 0. The Morgan fingerprint density at radius 3 is 3.16 bits per heavy atom. The van der Waals surface area contributed by atoms with Gasteiger partial charge in [-0.3, -0.25) is 9.89 Å². The van der Waals surface area contributed by atoms with E-state index in [2.05, 4.69) is 22.1 Å². The molecular weight excluding hydrogens is 240 g/mol. The number of guanidine groups is 1. The van der Waals surface area contributed by atoms with Crippen LogP contribution in [-0.2, 0) is 4.74 Å². The zero-order valence-electron chi connectivity index (χ0n) is 11.8. The molecule has 19 heavy (non-hydrogen) atoms. The number of rotatable bonds is 5. The molecule has 1 fully saturated rings. The lowest BCUT2D eigenvalue weighted by Gasteiger charge is -2.22. The van der Waals surface area contributed by atoms with Crippen molar-refractivity contribution in [1.29, 1.82) is 0 Å². The lowest BCUT2D eigenvalue weighted by Crippen LogP contribution is -2.39. The highest BCUT2D eigenvalue weighted by Crippen LogP contribution is 2.16. The summed E-state index contributed by atoms with van der Waals surface area (Å²) in [6.07, 6.45) is 8.69. The zero-order valence-corrected chi connectivity index (χ0v) is 11.8. The van der Waals surface area contributed by atoms with Gasteiger partial charge >= 0.3 is 0 Å². The van der Waals surface area contributed by atoms with Crippen LogP contribution in [0.4, 0.5) is 0 Å². The van der Waals surface area contributed by atoms with E-state index in [1.54, 1.807) is 6.26 Å². The Kier molecular flexibility index (Phi) is 5.51. The molecule has 2 unspecified atom stereocenters. The Labute approximate surface area is 115 Å². The number of hydrogen-bond acceptors (Lipinski definition) is 3. The fourth-order valence-electron chi connectivity index (χ4n) is 2.73. The fraction of sp³-hybridized carbons (Fsp3) is 0.786. The van der Waals surface area contributed by atoms with Crippen molar-refractivity contribution in [3.63, 3.8) is 0 Å². The third-order valence-electron chi connectivity index (χ3n) is 3.91. The van der Waals surface area contributed by atoms with Crippen molar-refractivity contribution >= 4 is 5.96 Å². The van der Waals surface area contributed by atoms with Crippen LogP contribution in [0, 0.1) is 0 Å². The van der Waals surface area contributed by atoms with Crippen molar-refractivity contribution in [2.45, 2.75) is 44.8 Å². The second kappa shape index (κ2) is 7.38. The van der Waals surface area contributed by atoms with Gasteiger partial charge < -0.3 is 15.8 Å². The largest absolute Gasteiger partial charge is 0.497 e. The van der Waals surface area contributed by atoms with E-state index in [0.29, 0.717) is 12.0 Å². The van der Waals surface area contributed by atoms with Crippen LogP contribution in [0.25, 0.3) is 0 Å². The predicted molar refractivity (Wildman–Crippen MR) is 78.0 cm³/mol. The van der Waals surface area contributed by atoms with E-state index in [4.69, 9.17) is 10.5 Å². The minimum Gasteiger partial charge on any atom is -0.497 e. The summed E-state index contributed by atoms with van der Waals surface area (Å²) in [5.74, 6) is 0.543. The Balaban J connectivity index is 1.68. The molecule has 0 spiro atoms. The van der Waals surface area contributed by atoms with E-state index in [-0.39, 0.29) is 6.10 Å². The van der Waals surface area contributed by atoms with Crippen LogP contribution in [0.15, 0.2) is 17.3 Å². The number of aliphatic imine (C=N–C) groups is 1. The van der Waals surface area contributed by atoms with Gasteiger partial charge in [0, 0.05) is 6.04 Å². The van der Waals surface area contributed by atoms with Crippen LogP contribution in [0.1, 0.15) is 32.6 Å². The number of nitrogens with two attached hydrogens (primary N) is 1. The van der Waals surface area contributed by atoms with E-state index >= 15 is 0 Å². The Morgan fingerprint density at radius 1 is 1.53 bits per heavy atom. The molecule has 0 saturated carbocycles. The summed E-state index contributed by atoms with van der Waals surface area (Å²) in [7, 11) is 0. The monoisotopic (exact) mass is 266 g/mol. The topological polar surface area (TPSA) is 62.9 Å². The Bertz CT molecular complexity index is 329. The molecule has 108 valence electrons. The number of hydrogen-bond donors (Lipinski definition) is 2. The van der Waals surface area contributed by atoms with Gasteiger partial charge in [-0.15, -0.1) is 0 Å². The van der Waals surface area contributed by atoms with Crippen molar-refractivity contribution in [1.82, 2.24) is 10.2 Å². The quantitative estimate of drug-likeness (QED) is 0.577. The van der Waals surface area contributed by atoms with Crippen molar-refractivity contribution in [2.75, 3.05) is 26.2 Å². The molecular formula is C14H26N4O. The van der Waals surface area contributed by atoms with Crippen molar-refractivity contribution in [3.8, 4) is 0 Å². The van der Waals surface area contributed by atoms with Gasteiger partial charge in [0.2, 0.25) is 0 Å². The van der Waals surface area contributed by atoms with Gasteiger partial charge in [0.1, 0.15) is 6.10 Å². The molecule has 0 bridgehead atoms. The van der Waals surface area contributed by atoms with Crippen LogP contribution in [0.2, 0.25) is 0 Å². The fourth-order valence-corrected chi connectivity index (χ4v) is 2.73. The molecule has 2 rings (SSSR count). The number of ether oxygens (including phenoxy) is 1. The molecule has 0 aromatic heterocycles. The van der Waals surface area contributed by atoms with Gasteiger partial charge in [-0.1, -0.05) is 6.92 Å². The smallest absolute Gasteiger partial charge is 0.188 e. The third-order valence-corrected chi connectivity index (χ3v) is 3.91. The third kappa shape index (κ3) is 4.42. The summed E-state index contributed by atoms with van der Waals surface area (Å²) < 4.78 is 5.48. The maximum absolute atomic E-state index is 5.90. The van der Waals surface area contributed by atoms with Crippen LogP contribution >= 0.6 is 0 Å². The average molecular weight is 266 g/mol. The lowest BCUT2D eigenvalue weighted by molar-refractivity contribution is 0.127. The summed E-state index contributed by atoms with van der Waals surface area (Å²) in [5.41, 5.74) is 5.90. The van der Waals surface area contributed by atoms with E-state index in [1.165, 1.54) is 19.4 Å². The molecule has 2 aliphatic rings. The lowest BCUT2D eigenvalue weighted by atomic mass is 10.1. The van der Waals surface area contributed by atoms with Crippen LogP contribution in [-0.4, -0.2) is 49.2 Å². The molecule has 3 N–H and O–H groups in total. The number of likely N-dealkylation sites (tertiary alicyclic amines) is 1. The second-order valence-corrected chi connectivity index (χ2v) is 5.24. The average Bonchev–Trinajstić information content (AvgIpc) is 2.91. The predicted octanol–water partition coefficient (Wildman–Crippen LogP) is 1.07. The molecule has 2 heterocycles. The van der Waals surface area contributed by atoms with Crippen molar-refractivity contribution < 1.29 is 4.74 Å². The van der Waals surface area contributed by atoms with Gasteiger partial charge in [0.25, 0.3) is 0 Å². The van der Waals surface area contributed by atoms with Gasteiger partial charge in [-0.05, 0) is 44.8 Å². The van der Waals surface area contributed by atoms with Crippen molar-refractivity contribution in [2.24, 2.45) is 10.7 Å². The maximum Gasteiger partial charge on any atom is 0.188 e. The number of nitrogens with one attached hydrogen (secondary N) is 1. The normalized spacial score (nSPS) is 28.4. The van der Waals surface area contributed by atoms with E-state index in [1.807, 2.05) is 6.08 Å². The van der Waals surface area contributed by atoms with E-state index in [9.17, 15) is 0 Å². The number of likely N-dealkylation sites (N-methyl/N-ethyl adjacent to an activating group) is 1. The molecule has 0 aromatic carbocycles. The molecule has 0 aliphatic carbocycles. The summed E-state index contributed by atoms with van der Waals surface area (Å²) in [6, 6.07) is 0.569. The van der Waals surface area contributed by atoms with Crippen molar-refractivity contribution in [3.05, 3.63) is 12.3 Å². The van der Waals surface area contributed by atoms with Crippen LogP contribution < -0.4 is 11.1 Å². The summed E-state index contributed by atoms with van der Waals surface area (Å²) in [4.78, 5) is 6.93. The Morgan fingerprint density at radius 2 is 2.42 bits per heavy atom. The standard InChI is InChI=1S/C14H26N4O/c1-2-18-8-5-6-12(18)10-16-14(15)17-11-13-7-3-4-9-19-13/h4,9,12-13H,2-3,5-8,10-11H2,1H3,(H3,15,16,17). The highest BCUT2D eigenvalue weighted by atomic mass is 16.5. The minimum absolute atomic E-state index is 0.220. The first kappa shape index (κ1) is 14.2. The molecule has 1 saturated heterocycles. The van der Waals surface area contributed by atoms with Gasteiger partial charge in [-0.2, -0.15) is 0 Å². The summed E-state index contributed by atoms with van der Waals surface area (Å²) in [5, 5.41) is 3.16. The number of nitrogens with zero attached hydrogens (tertiary/aromatic N) is 2. The molecule has 0 radical (unpaired) electrons. The van der Waals surface area contributed by atoms with E-state index in [0.717, 1.165) is 32.5 Å². The van der Waals surface area contributed by atoms with E-state index < -0.39 is 0 Å². The molecule has 2 atom stereocenters. The van der Waals surface area contributed by atoms with Gasteiger partial charge in [-0.25, -0.2) is 0 Å². The molecule has 2 aliphatic heterocycles. The Hall–Kier alpha value is -1.23. The first-order chi connectivity index (χ1) is 9.29. The molecule has 0 aromatic rings. The van der Waals surface area contributed by atoms with Crippen LogP contribution in [0.3, 0.4) is 0 Å². The number of allylic oxidation sites excluding steroid dienone is 1. The first-order valence-electron chi connectivity index (χ1n) is 7.38. The van der Waals surface area contributed by atoms with Gasteiger partial charge in [0.15, 0.2) is 5.96 Å². The highest BCUT2D eigenvalue weighted by molar-refractivity contribution is 5.77.